The first-order chi connectivity index (χ1) is 8.58. The fraction of sp³-hybridized carbons (Fsp3) is 0.500. The number of hydrogen-bond donors (Lipinski definition) is 2. The summed E-state index contributed by atoms with van der Waals surface area (Å²) >= 11 is 6.04. The zero-order valence-corrected chi connectivity index (χ0v) is 11.6. The van der Waals surface area contributed by atoms with Crippen LogP contribution in [0.5, 0.6) is 0 Å². The van der Waals surface area contributed by atoms with Gasteiger partial charge >= 0.3 is 0 Å². The standard InChI is InChI=1S/C14H19ClN2O/c1-9-8-11(6-7-16-9)14(18)17-13-5-3-4-12(15)10(13)2/h3-5,9,11,16H,6-8H2,1-2H3,(H,17,18)/t9-,11-/m0/s1. The average Bonchev–Trinajstić information content (AvgIpc) is 2.35. The van der Waals surface area contributed by atoms with Crippen molar-refractivity contribution in [2.75, 3.05) is 11.9 Å². The summed E-state index contributed by atoms with van der Waals surface area (Å²) < 4.78 is 0. The Balaban J connectivity index is 2.04. The van der Waals surface area contributed by atoms with Crippen LogP contribution in [0.15, 0.2) is 18.2 Å². The van der Waals surface area contributed by atoms with Gasteiger partial charge < -0.3 is 10.6 Å². The average molecular weight is 267 g/mol. The number of anilines is 1. The number of carbonyl (C=O) groups excluding carboxylic acids is 1. The van der Waals surface area contributed by atoms with Crippen LogP contribution in [-0.2, 0) is 4.79 Å². The van der Waals surface area contributed by atoms with Crippen molar-refractivity contribution in [2.45, 2.75) is 32.7 Å². The van der Waals surface area contributed by atoms with Gasteiger partial charge in [0.15, 0.2) is 0 Å². The van der Waals surface area contributed by atoms with Crippen LogP contribution in [0, 0.1) is 12.8 Å². The van der Waals surface area contributed by atoms with Gasteiger partial charge in [-0.25, -0.2) is 0 Å². The Hall–Kier alpha value is -1.06. The molecule has 0 aromatic heterocycles. The third-order valence-corrected chi connectivity index (χ3v) is 3.93. The van der Waals surface area contributed by atoms with Gasteiger partial charge in [0.2, 0.25) is 5.91 Å². The largest absolute Gasteiger partial charge is 0.326 e. The Kier molecular flexibility index (Phi) is 4.25. The SMILES string of the molecule is Cc1c(Cl)cccc1NC(=O)[C@H]1CCN[C@@H](C)C1. The number of benzene rings is 1. The molecule has 1 heterocycles. The number of piperidine rings is 1. The number of hydrogen-bond acceptors (Lipinski definition) is 2. The molecule has 98 valence electrons. The van der Waals surface area contributed by atoms with E-state index in [1.54, 1.807) is 0 Å². The van der Waals surface area contributed by atoms with E-state index in [0.29, 0.717) is 11.1 Å². The highest BCUT2D eigenvalue weighted by Crippen LogP contribution is 2.25. The summed E-state index contributed by atoms with van der Waals surface area (Å²) in [6.45, 7) is 4.95. The predicted molar refractivity (Wildman–Crippen MR) is 75.0 cm³/mol. The third kappa shape index (κ3) is 3.03. The van der Waals surface area contributed by atoms with Crippen molar-refractivity contribution in [2.24, 2.45) is 5.92 Å². The van der Waals surface area contributed by atoms with Gasteiger partial charge in [-0.1, -0.05) is 17.7 Å². The maximum absolute atomic E-state index is 12.2. The van der Waals surface area contributed by atoms with Crippen molar-refractivity contribution in [3.63, 3.8) is 0 Å². The maximum Gasteiger partial charge on any atom is 0.227 e. The van der Waals surface area contributed by atoms with Crippen molar-refractivity contribution in [1.82, 2.24) is 5.32 Å². The molecule has 0 spiro atoms. The first-order valence-corrected chi connectivity index (χ1v) is 6.75. The lowest BCUT2D eigenvalue weighted by Crippen LogP contribution is -2.40. The Labute approximate surface area is 113 Å². The number of amides is 1. The van der Waals surface area contributed by atoms with Gasteiger partial charge in [-0.2, -0.15) is 0 Å². The van der Waals surface area contributed by atoms with Crippen LogP contribution in [0.3, 0.4) is 0 Å². The number of halogens is 1. The molecule has 0 radical (unpaired) electrons. The fourth-order valence-corrected chi connectivity index (χ4v) is 2.52. The molecule has 2 rings (SSSR count). The van der Waals surface area contributed by atoms with Gasteiger partial charge in [-0.15, -0.1) is 0 Å². The monoisotopic (exact) mass is 266 g/mol. The van der Waals surface area contributed by atoms with Gasteiger partial charge in [0.05, 0.1) is 0 Å². The molecule has 1 saturated heterocycles. The van der Waals surface area contributed by atoms with Crippen LogP contribution in [0.2, 0.25) is 5.02 Å². The molecule has 1 aromatic carbocycles. The number of rotatable bonds is 2. The summed E-state index contributed by atoms with van der Waals surface area (Å²) in [6, 6.07) is 5.99. The Morgan fingerprint density at radius 1 is 1.50 bits per heavy atom. The minimum Gasteiger partial charge on any atom is -0.326 e. The second kappa shape index (κ2) is 5.72. The van der Waals surface area contributed by atoms with Crippen LogP contribution in [0.1, 0.15) is 25.3 Å². The molecule has 0 bridgehead atoms. The summed E-state index contributed by atoms with van der Waals surface area (Å²) in [4.78, 5) is 12.2. The summed E-state index contributed by atoms with van der Waals surface area (Å²) in [5.41, 5.74) is 1.74. The van der Waals surface area contributed by atoms with Gasteiger partial charge in [0.1, 0.15) is 0 Å². The third-order valence-electron chi connectivity index (χ3n) is 3.52. The lowest BCUT2D eigenvalue weighted by atomic mass is 9.92. The quantitative estimate of drug-likeness (QED) is 0.864. The molecule has 2 N–H and O–H groups in total. The van der Waals surface area contributed by atoms with Gasteiger partial charge in [0, 0.05) is 22.7 Å². The van der Waals surface area contributed by atoms with Crippen LogP contribution in [0.25, 0.3) is 0 Å². The first kappa shape index (κ1) is 13.4. The normalized spacial score (nSPS) is 23.7. The molecular formula is C14H19ClN2O. The highest BCUT2D eigenvalue weighted by atomic mass is 35.5. The lowest BCUT2D eigenvalue weighted by Gasteiger charge is -2.27. The van der Waals surface area contributed by atoms with Crippen LogP contribution < -0.4 is 10.6 Å². The summed E-state index contributed by atoms with van der Waals surface area (Å²) in [5.74, 6) is 0.202. The molecular weight excluding hydrogens is 248 g/mol. The van der Waals surface area contributed by atoms with E-state index in [-0.39, 0.29) is 11.8 Å². The molecule has 0 saturated carbocycles. The molecule has 2 atom stereocenters. The fourth-order valence-electron chi connectivity index (χ4n) is 2.35. The van der Waals surface area contributed by atoms with E-state index >= 15 is 0 Å². The van der Waals surface area contributed by atoms with E-state index in [0.717, 1.165) is 30.6 Å². The zero-order chi connectivity index (χ0) is 13.1. The molecule has 18 heavy (non-hydrogen) atoms. The van der Waals surface area contributed by atoms with Crippen LogP contribution >= 0.6 is 11.6 Å². The van der Waals surface area contributed by atoms with Crippen molar-refractivity contribution in [3.05, 3.63) is 28.8 Å². The topological polar surface area (TPSA) is 41.1 Å². The van der Waals surface area contributed by atoms with E-state index in [1.165, 1.54) is 0 Å². The van der Waals surface area contributed by atoms with E-state index in [1.807, 2.05) is 25.1 Å². The van der Waals surface area contributed by atoms with Crippen LogP contribution in [-0.4, -0.2) is 18.5 Å². The molecule has 1 aromatic rings. The first-order valence-electron chi connectivity index (χ1n) is 6.37. The Bertz CT molecular complexity index is 447. The molecule has 3 nitrogen and oxygen atoms in total. The summed E-state index contributed by atoms with van der Waals surface area (Å²) in [5, 5.41) is 7.03. The van der Waals surface area contributed by atoms with E-state index in [9.17, 15) is 4.79 Å². The molecule has 0 unspecified atom stereocenters. The number of nitrogens with one attached hydrogen (secondary N) is 2. The maximum atomic E-state index is 12.2. The number of carbonyl (C=O) groups is 1. The van der Waals surface area contributed by atoms with Gasteiger partial charge in [0.25, 0.3) is 0 Å². The molecule has 1 aliphatic heterocycles. The highest BCUT2D eigenvalue weighted by Gasteiger charge is 2.24. The van der Waals surface area contributed by atoms with Crippen molar-refractivity contribution in [1.29, 1.82) is 0 Å². The van der Waals surface area contributed by atoms with E-state index in [2.05, 4.69) is 17.6 Å². The second-order valence-electron chi connectivity index (χ2n) is 4.98. The zero-order valence-electron chi connectivity index (χ0n) is 10.8. The minimum atomic E-state index is 0.0969. The second-order valence-corrected chi connectivity index (χ2v) is 5.39. The highest BCUT2D eigenvalue weighted by molar-refractivity contribution is 6.31. The smallest absolute Gasteiger partial charge is 0.227 e. The molecule has 1 fully saturated rings. The Morgan fingerprint density at radius 3 is 3.00 bits per heavy atom. The van der Waals surface area contributed by atoms with Crippen molar-refractivity contribution >= 4 is 23.2 Å². The van der Waals surface area contributed by atoms with Crippen molar-refractivity contribution in [3.8, 4) is 0 Å². The predicted octanol–water partition coefficient (Wildman–Crippen LogP) is 2.98. The lowest BCUT2D eigenvalue weighted by molar-refractivity contribution is -0.120. The van der Waals surface area contributed by atoms with E-state index < -0.39 is 0 Å². The summed E-state index contributed by atoms with van der Waals surface area (Å²) in [7, 11) is 0. The Morgan fingerprint density at radius 2 is 2.28 bits per heavy atom. The minimum absolute atomic E-state index is 0.0969. The summed E-state index contributed by atoms with van der Waals surface area (Å²) in [6.07, 6.45) is 1.79. The van der Waals surface area contributed by atoms with E-state index in [4.69, 9.17) is 11.6 Å². The van der Waals surface area contributed by atoms with Crippen molar-refractivity contribution < 1.29 is 4.79 Å². The molecule has 0 aliphatic carbocycles. The van der Waals surface area contributed by atoms with Gasteiger partial charge in [-0.05, 0) is 50.9 Å². The molecule has 4 heteroatoms. The van der Waals surface area contributed by atoms with Crippen LogP contribution in [0.4, 0.5) is 5.69 Å². The molecule has 1 aliphatic rings. The molecule has 1 amide bonds. The van der Waals surface area contributed by atoms with Gasteiger partial charge in [-0.3, -0.25) is 4.79 Å².